The zero-order valence-corrected chi connectivity index (χ0v) is 18.6. The Hall–Kier alpha value is -3.22. The lowest BCUT2D eigenvalue weighted by atomic mass is 10.1. The number of carbonyl (C=O) groups is 2. The van der Waals surface area contributed by atoms with Crippen molar-refractivity contribution in [1.82, 2.24) is 4.90 Å². The molecule has 0 radical (unpaired) electrons. The zero-order chi connectivity index (χ0) is 22.2. The van der Waals surface area contributed by atoms with Gasteiger partial charge in [-0.15, -0.1) is 0 Å². The van der Waals surface area contributed by atoms with Crippen molar-refractivity contribution < 1.29 is 14.3 Å². The molecule has 7 nitrogen and oxygen atoms in total. The fraction of sp³-hybridized carbons (Fsp3) is 0.417. The molecule has 3 amide bonds. The largest absolute Gasteiger partial charge is 0.495 e. The van der Waals surface area contributed by atoms with E-state index < -0.39 is 6.03 Å². The number of methoxy groups -OCH3 is 1. The summed E-state index contributed by atoms with van der Waals surface area (Å²) in [5.41, 5.74) is 2.71. The van der Waals surface area contributed by atoms with E-state index in [1.165, 1.54) is 6.42 Å². The molecule has 0 spiro atoms. The summed E-state index contributed by atoms with van der Waals surface area (Å²) < 4.78 is 5.28. The molecule has 166 valence electrons. The molecule has 31 heavy (non-hydrogen) atoms. The van der Waals surface area contributed by atoms with E-state index in [9.17, 15) is 9.59 Å². The van der Waals surface area contributed by atoms with Gasteiger partial charge in [-0.3, -0.25) is 4.79 Å². The molecule has 0 aliphatic carbocycles. The number of hydrogen-bond donors (Lipinski definition) is 2. The maximum Gasteiger partial charge on any atom is 0.323 e. The van der Waals surface area contributed by atoms with Gasteiger partial charge in [0.25, 0.3) is 5.91 Å². The molecular formula is C24H32N4O3. The van der Waals surface area contributed by atoms with Gasteiger partial charge in [-0.1, -0.05) is 12.1 Å². The minimum atomic E-state index is -0.392. The molecule has 2 aromatic carbocycles. The fourth-order valence-corrected chi connectivity index (χ4v) is 3.91. The molecule has 0 atom stereocenters. The predicted octanol–water partition coefficient (Wildman–Crippen LogP) is 4.81. The lowest BCUT2D eigenvalue weighted by Gasteiger charge is -2.31. The van der Waals surface area contributed by atoms with Crippen LogP contribution in [0.5, 0.6) is 5.75 Å². The Morgan fingerprint density at radius 3 is 2.39 bits per heavy atom. The van der Waals surface area contributed by atoms with E-state index >= 15 is 0 Å². The molecule has 0 aromatic heterocycles. The van der Waals surface area contributed by atoms with Gasteiger partial charge in [-0.05, 0) is 63.4 Å². The second-order valence-corrected chi connectivity index (χ2v) is 7.54. The normalized spacial score (nSPS) is 13.5. The minimum absolute atomic E-state index is 0.0145. The molecule has 1 aliphatic heterocycles. The monoisotopic (exact) mass is 424 g/mol. The van der Waals surface area contributed by atoms with E-state index in [1.807, 2.05) is 43.0 Å². The van der Waals surface area contributed by atoms with E-state index in [1.54, 1.807) is 25.3 Å². The summed E-state index contributed by atoms with van der Waals surface area (Å²) in [6, 6.07) is 12.4. The van der Waals surface area contributed by atoms with E-state index in [0.717, 1.165) is 31.6 Å². The van der Waals surface area contributed by atoms with Crippen molar-refractivity contribution in [2.24, 2.45) is 0 Å². The van der Waals surface area contributed by atoms with Gasteiger partial charge in [0.1, 0.15) is 5.75 Å². The lowest BCUT2D eigenvalue weighted by molar-refractivity contribution is 0.0773. The van der Waals surface area contributed by atoms with Crippen LogP contribution in [0.3, 0.4) is 0 Å². The highest BCUT2D eigenvalue weighted by molar-refractivity contribution is 6.04. The van der Waals surface area contributed by atoms with E-state index in [4.69, 9.17) is 4.74 Å². The quantitative estimate of drug-likeness (QED) is 0.669. The van der Waals surface area contributed by atoms with Gasteiger partial charge in [0, 0.05) is 37.6 Å². The van der Waals surface area contributed by atoms with Crippen LogP contribution in [-0.2, 0) is 0 Å². The standard InChI is InChI=1S/C24H32N4O3/c1-4-27(5-2)23(29)19-17-18(13-14-21(19)28-15-9-6-10-16-28)25-24(30)26-20-11-7-8-12-22(20)31-3/h7-8,11-14,17H,4-6,9-10,15-16H2,1-3H3,(H2,25,26,30). The van der Waals surface area contributed by atoms with Gasteiger partial charge in [-0.25, -0.2) is 4.79 Å². The van der Waals surface area contributed by atoms with Gasteiger partial charge < -0.3 is 25.2 Å². The number of carbonyl (C=O) groups excluding carboxylic acids is 2. The van der Waals surface area contributed by atoms with Gasteiger partial charge in [-0.2, -0.15) is 0 Å². The van der Waals surface area contributed by atoms with E-state index in [-0.39, 0.29) is 5.91 Å². The van der Waals surface area contributed by atoms with E-state index in [2.05, 4.69) is 15.5 Å². The van der Waals surface area contributed by atoms with Crippen LogP contribution in [0, 0.1) is 0 Å². The Morgan fingerprint density at radius 2 is 1.71 bits per heavy atom. The molecule has 1 aliphatic rings. The van der Waals surface area contributed by atoms with Gasteiger partial charge in [0.2, 0.25) is 0 Å². The van der Waals surface area contributed by atoms with Gasteiger partial charge in [0.05, 0.1) is 18.4 Å². The number of nitrogens with one attached hydrogen (secondary N) is 2. The first-order valence-electron chi connectivity index (χ1n) is 11.0. The summed E-state index contributed by atoms with van der Waals surface area (Å²) in [6.07, 6.45) is 3.47. The third kappa shape index (κ3) is 5.48. The molecule has 0 unspecified atom stereocenters. The highest BCUT2D eigenvalue weighted by Gasteiger charge is 2.22. The van der Waals surface area contributed by atoms with Crippen LogP contribution in [0.1, 0.15) is 43.5 Å². The Morgan fingerprint density at radius 1 is 1.00 bits per heavy atom. The number of benzene rings is 2. The smallest absolute Gasteiger partial charge is 0.323 e. The Bertz CT molecular complexity index is 905. The van der Waals surface area contributed by atoms with Crippen molar-refractivity contribution in [3.8, 4) is 5.75 Å². The van der Waals surface area contributed by atoms with Crippen molar-refractivity contribution in [2.45, 2.75) is 33.1 Å². The van der Waals surface area contributed by atoms with E-state index in [0.29, 0.717) is 35.8 Å². The average molecular weight is 425 g/mol. The number of amides is 3. The summed E-state index contributed by atoms with van der Waals surface area (Å²) in [5, 5.41) is 5.65. The van der Waals surface area contributed by atoms with Crippen LogP contribution >= 0.6 is 0 Å². The first kappa shape index (κ1) is 22.5. The fourth-order valence-electron chi connectivity index (χ4n) is 3.91. The Balaban J connectivity index is 1.84. The van der Waals surface area contributed by atoms with Crippen LogP contribution in [0.25, 0.3) is 0 Å². The average Bonchev–Trinajstić information content (AvgIpc) is 2.80. The highest BCUT2D eigenvalue weighted by atomic mass is 16.5. The highest BCUT2D eigenvalue weighted by Crippen LogP contribution is 2.29. The summed E-state index contributed by atoms with van der Waals surface area (Å²) in [6.45, 7) is 7.12. The van der Waals surface area contributed by atoms with Crippen LogP contribution < -0.4 is 20.3 Å². The molecule has 1 fully saturated rings. The zero-order valence-electron chi connectivity index (χ0n) is 18.6. The van der Waals surface area contributed by atoms with Crippen LogP contribution in [0.2, 0.25) is 0 Å². The molecule has 3 rings (SSSR count). The van der Waals surface area contributed by atoms with Crippen molar-refractivity contribution >= 4 is 29.0 Å². The van der Waals surface area contributed by atoms with Gasteiger partial charge >= 0.3 is 6.03 Å². The van der Waals surface area contributed by atoms with Crippen LogP contribution in [0.4, 0.5) is 21.9 Å². The summed E-state index contributed by atoms with van der Waals surface area (Å²) >= 11 is 0. The van der Waals surface area contributed by atoms with Crippen molar-refractivity contribution in [2.75, 3.05) is 48.8 Å². The number of ether oxygens (including phenoxy) is 1. The molecular weight excluding hydrogens is 392 g/mol. The predicted molar refractivity (Wildman–Crippen MR) is 125 cm³/mol. The maximum absolute atomic E-state index is 13.2. The molecule has 1 heterocycles. The number of rotatable bonds is 7. The molecule has 0 bridgehead atoms. The third-order valence-electron chi connectivity index (χ3n) is 5.59. The third-order valence-corrected chi connectivity index (χ3v) is 5.59. The SMILES string of the molecule is CCN(CC)C(=O)c1cc(NC(=O)Nc2ccccc2OC)ccc1N1CCCCC1. The van der Waals surface area contributed by atoms with Crippen molar-refractivity contribution in [1.29, 1.82) is 0 Å². The summed E-state index contributed by atoms with van der Waals surface area (Å²) in [5.74, 6) is 0.565. The second kappa shape index (κ2) is 10.7. The molecule has 7 heteroatoms. The number of anilines is 3. The van der Waals surface area contributed by atoms with Crippen LogP contribution in [0.15, 0.2) is 42.5 Å². The topological polar surface area (TPSA) is 73.9 Å². The molecule has 1 saturated heterocycles. The number of urea groups is 1. The van der Waals surface area contributed by atoms with Crippen molar-refractivity contribution in [3.05, 3.63) is 48.0 Å². The molecule has 0 saturated carbocycles. The lowest BCUT2D eigenvalue weighted by Crippen LogP contribution is -2.35. The molecule has 2 N–H and O–H groups in total. The summed E-state index contributed by atoms with van der Waals surface area (Å²) in [4.78, 5) is 29.9. The molecule has 2 aromatic rings. The Labute approximate surface area is 184 Å². The first-order valence-corrected chi connectivity index (χ1v) is 11.0. The number of hydrogen-bond acceptors (Lipinski definition) is 4. The van der Waals surface area contributed by atoms with Crippen molar-refractivity contribution in [3.63, 3.8) is 0 Å². The number of piperidine rings is 1. The maximum atomic E-state index is 13.2. The minimum Gasteiger partial charge on any atom is -0.495 e. The second-order valence-electron chi connectivity index (χ2n) is 7.54. The Kier molecular flexibility index (Phi) is 7.76. The first-order chi connectivity index (χ1) is 15.1. The van der Waals surface area contributed by atoms with Crippen LogP contribution in [-0.4, -0.2) is 50.1 Å². The summed E-state index contributed by atoms with van der Waals surface area (Å²) in [7, 11) is 1.56. The number of para-hydroxylation sites is 2. The number of nitrogens with zero attached hydrogens (tertiary/aromatic N) is 2. The van der Waals surface area contributed by atoms with Gasteiger partial charge in [0.15, 0.2) is 0 Å².